The van der Waals surface area contributed by atoms with Gasteiger partial charge in [-0.1, -0.05) is 19.9 Å². The van der Waals surface area contributed by atoms with Crippen LogP contribution in [0, 0.1) is 5.92 Å². The molecule has 7 nitrogen and oxygen atoms in total. The number of rotatable bonds is 10. The fourth-order valence-electron chi connectivity index (χ4n) is 1.59. The first-order valence-corrected chi connectivity index (χ1v) is 7.30. The lowest BCUT2D eigenvalue weighted by Crippen LogP contribution is -2.39. The zero-order chi connectivity index (χ0) is 17.2. The highest BCUT2D eigenvalue weighted by Crippen LogP contribution is 2.19. The van der Waals surface area contributed by atoms with Gasteiger partial charge in [0.05, 0.1) is 13.2 Å². The van der Waals surface area contributed by atoms with Gasteiger partial charge in [0, 0.05) is 13.2 Å². The number of amides is 1. The molecular weight excluding hydrogens is 302 g/mol. The zero-order valence-electron chi connectivity index (χ0n) is 13.6. The predicted octanol–water partition coefficient (Wildman–Crippen LogP) is 1.32. The van der Waals surface area contributed by atoms with Crippen molar-refractivity contribution in [3.05, 3.63) is 24.3 Å². The highest BCUT2D eigenvalue weighted by Gasteiger charge is 2.17. The Labute approximate surface area is 135 Å². The number of hydrogen-bond donors (Lipinski definition) is 2. The van der Waals surface area contributed by atoms with Gasteiger partial charge in [0.1, 0.15) is 11.5 Å². The van der Waals surface area contributed by atoms with Crippen LogP contribution >= 0.6 is 0 Å². The maximum absolute atomic E-state index is 11.6. The van der Waals surface area contributed by atoms with Crippen LogP contribution in [-0.4, -0.2) is 50.0 Å². The zero-order valence-corrected chi connectivity index (χ0v) is 13.6. The molecule has 1 rings (SSSR count). The Kier molecular flexibility index (Phi) is 7.90. The fraction of sp³-hybridized carbons (Fsp3) is 0.500. The number of nitrogens with one attached hydrogen (secondary N) is 1. The third kappa shape index (κ3) is 7.51. The summed E-state index contributed by atoms with van der Waals surface area (Å²) in [5.41, 5.74) is 0. The predicted molar refractivity (Wildman–Crippen MR) is 83.7 cm³/mol. The van der Waals surface area contributed by atoms with Gasteiger partial charge in [0.2, 0.25) is 0 Å². The van der Waals surface area contributed by atoms with Crippen LogP contribution in [0.2, 0.25) is 0 Å². The van der Waals surface area contributed by atoms with Crippen molar-refractivity contribution in [2.75, 3.05) is 26.9 Å². The van der Waals surface area contributed by atoms with Crippen LogP contribution in [0.4, 0.5) is 0 Å². The van der Waals surface area contributed by atoms with Gasteiger partial charge >= 0.3 is 5.97 Å². The second-order valence-corrected chi connectivity index (χ2v) is 5.34. The maximum Gasteiger partial charge on any atom is 0.334 e. The molecule has 0 radical (unpaired) electrons. The number of hydrogen-bond acceptors (Lipinski definition) is 5. The Hall–Kier alpha value is -2.28. The average molecular weight is 325 g/mol. The van der Waals surface area contributed by atoms with Gasteiger partial charge in [-0.05, 0) is 18.1 Å². The van der Waals surface area contributed by atoms with Crippen molar-refractivity contribution in [1.29, 1.82) is 0 Å². The molecular formula is C16H23NO6. The number of methoxy groups -OCH3 is 1. The second kappa shape index (κ2) is 9.68. The molecule has 1 amide bonds. The summed E-state index contributed by atoms with van der Waals surface area (Å²) in [6.45, 7) is 4.36. The van der Waals surface area contributed by atoms with E-state index in [1.807, 2.05) is 6.07 Å². The van der Waals surface area contributed by atoms with Crippen LogP contribution in [-0.2, 0) is 14.3 Å². The van der Waals surface area contributed by atoms with Crippen LogP contribution in [0.5, 0.6) is 11.5 Å². The van der Waals surface area contributed by atoms with Crippen molar-refractivity contribution < 1.29 is 28.9 Å². The lowest BCUT2D eigenvalue weighted by molar-refractivity contribution is -0.148. The van der Waals surface area contributed by atoms with Crippen molar-refractivity contribution in [2.45, 2.75) is 20.0 Å². The smallest absolute Gasteiger partial charge is 0.334 e. The molecule has 1 unspecified atom stereocenters. The van der Waals surface area contributed by atoms with E-state index in [4.69, 9.17) is 19.3 Å². The van der Waals surface area contributed by atoms with E-state index in [2.05, 4.69) is 19.2 Å². The van der Waals surface area contributed by atoms with Crippen molar-refractivity contribution >= 4 is 11.9 Å². The lowest BCUT2D eigenvalue weighted by Gasteiger charge is -2.13. The minimum Gasteiger partial charge on any atom is -0.493 e. The summed E-state index contributed by atoms with van der Waals surface area (Å²) in [4.78, 5) is 22.4. The molecule has 0 heterocycles. The standard InChI is InChI=1S/C16H23NO6/c1-11(2)9-22-12-5-4-6-13(7-12)23-10-15(18)17-8-14(21-3)16(19)20/h4-7,11,14H,8-10H2,1-3H3,(H,17,18)(H,19,20). The summed E-state index contributed by atoms with van der Waals surface area (Å²) in [7, 11) is 1.27. The summed E-state index contributed by atoms with van der Waals surface area (Å²) >= 11 is 0. The molecule has 2 N–H and O–H groups in total. The van der Waals surface area contributed by atoms with Crippen molar-refractivity contribution in [3.63, 3.8) is 0 Å². The molecule has 1 atom stereocenters. The Balaban J connectivity index is 2.40. The van der Waals surface area contributed by atoms with E-state index < -0.39 is 18.0 Å². The van der Waals surface area contributed by atoms with E-state index in [9.17, 15) is 9.59 Å². The van der Waals surface area contributed by atoms with Crippen LogP contribution in [0.25, 0.3) is 0 Å². The topological polar surface area (TPSA) is 94.1 Å². The van der Waals surface area contributed by atoms with E-state index in [0.717, 1.165) is 0 Å². The molecule has 0 aromatic heterocycles. The van der Waals surface area contributed by atoms with E-state index in [1.54, 1.807) is 18.2 Å². The first-order valence-electron chi connectivity index (χ1n) is 7.30. The summed E-state index contributed by atoms with van der Waals surface area (Å²) in [5, 5.41) is 11.2. The molecule has 0 bridgehead atoms. The molecule has 128 valence electrons. The van der Waals surface area contributed by atoms with Crippen LogP contribution in [0.15, 0.2) is 24.3 Å². The third-order valence-corrected chi connectivity index (χ3v) is 2.80. The van der Waals surface area contributed by atoms with Crippen molar-refractivity contribution in [3.8, 4) is 11.5 Å². The Bertz CT molecular complexity index is 517. The van der Waals surface area contributed by atoms with Gasteiger partial charge < -0.3 is 24.6 Å². The summed E-state index contributed by atoms with van der Waals surface area (Å²) < 4.78 is 15.6. The van der Waals surface area contributed by atoms with E-state index in [-0.39, 0.29) is 13.2 Å². The number of aliphatic carboxylic acids is 1. The number of carbonyl (C=O) groups is 2. The highest BCUT2D eigenvalue weighted by atomic mass is 16.5. The van der Waals surface area contributed by atoms with E-state index in [1.165, 1.54) is 7.11 Å². The van der Waals surface area contributed by atoms with Crippen LogP contribution in [0.1, 0.15) is 13.8 Å². The quantitative estimate of drug-likeness (QED) is 0.674. The molecule has 1 aromatic rings. The Morgan fingerprint density at radius 2 is 1.87 bits per heavy atom. The van der Waals surface area contributed by atoms with Gasteiger partial charge in [-0.25, -0.2) is 4.79 Å². The number of ether oxygens (including phenoxy) is 3. The average Bonchev–Trinajstić information content (AvgIpc) is 2.51. The number of benzene rings is 1. The molecule has 23 heavy (non-hydrogen) atoms. The maximum atomic E-state index is 11.6. The number of carboxylic acid groups (broad SMARTS) is 1. The van der Waals surface area contributed by atoms with Crippen molar-refractivity contribution in [2.24, 2.45) is 5.92 Å². The molecule has 7 heteroatoms. The Morgan fingerprint density at radius 1 is 1.22 bits per heavy atom. The van der Waals surface area contributed by atoms with Gasteiger partial charge in [-0.2, -0.15) is 0 Å². The molecule has 0 saturated carbocycles. The second-order valence-electron chi connectivity index (χ2n) is 5.34. The number of carbonyl (C=O) groups excluding carboxylic acids is 1. The van der Waals surface area contributed by atoms with Gasteiger partial charge in [-0.15, -0.1) is 0 Å². The SMILES string of the molecule is COC(CNC(=O)COc1cccc(OCC(C)C)c1)C(=O)O. The minimum atomic E-state index is -1.14. The summed E-state index contributed by atoms with van der Waals surface area (Å²) in [5.74, 6) is 0.0173. The molecule has 0 aliphatic rings. The van der Waals surface area contributed by atoms with Gasteiger partial charge in [0.15, 0.2) is 12.7 Å². The molecule has 0 spiro atoms. The van der Waals surface area contributed by atoms with E-state index in [0.29, 0.717) is 24.0 Å². The summed E-state index contributed by atoms with van der Waals surface area (Å²) in [6, 6.07) is 7.00. The largest absolute Gasteiger partial charge is 0.493 e. The minimum absolute atomic E-state index is 0.119. The van der Waals surface area contributed by atoms with Crippen LogP contribution < -0.4 is 14.8 Å². The summed E-state index contributed by atoms with van der Waals surface area (Å²) in [6.07, 6.45) is -1.08. The normalized spacial score (nSPS) is 11.8. The first kappa shape index (κ1) is 18.8. The van der Waals surface area contributed by atoms with Crippen molar-refractivity contribution in [1.82, 2.24) is 5.32 Å². The first-order chi connectivity index (χ1) is 10.9. The van der Waals surface area contributed by atoms with Crippen LogP contribution in [0.3, 0.4) is 0 Å². The molecule has 0 aliphatic carbocycles. The lowest BCUT2D eigenvalue weighted by atomic mass is 10.2. The highest BCUT2D eigenvalue weighted by molar-refractivity contribution is 5.79. The molecule has 1 aromatic carbocycles. The van der Waals surface area contributed by atoms with Gasteiger partial charge in [-0.3, -0.25) is 4.79 Å². The fourth-order valence-corrected chi connectivity index (χ4v) is 1.59. The monoisotopic (exact) mass is 325 g/mol. The molecule has 0 aliphatic heterocycles. The van der Waals surface area contributed by atoms with Gasteiger partial charge in [0.25, 0.3) is 5.91 Å². The van der Waals surface area contributed by atoms with E-state index >= 15 is 0 Å². The molecule has 0 saturated heterocycles. The molecule has 0 fully saturated rings. The number of carboxylic acids is 1. The third-order valence-electron chi connectivity index (χ3n) is 2.80. The Morgan fingerprint density at radius 3 is 2.43 bits per heavy atom.